The Morgan fingerprint density at radius 3 is 2.81 bits per heavy atom. The largest absolute Gasteiger partial charge is 0.468 e. The maximum atomic E-state index is 11.6. The molecular formula is C9H18N2O4S. The predicted octanol–water partition coefficient (Wildman–Crippen LogP) is -0.781. The van der Waals surface area contributed by atoms with Crippen molar-refractivity contribution in [3.8, 4) is 0 Å². The topological polar surface area (TPSA) is 84.5 Å². The fraction of sp³-hybridized carbons (Fsp3) is 0.889. The molecule has 0 aromatic carbocycles. The molecular weight excluding hydrogens is 232 g/mol. The minimum Gasteiger partial charge on any atom is -0.468 e. The van der Waals surface area contributed by atoms with Gasteiger partial charge in [-0.2, -0.15) is 0 Å². The summed E-state index contributed by atoms with van der Waals surface area (Å²) in [6, 6.07) is 0.166. The summed E-state index contributed by atoms with van der Waals surface area (Å²) >= 11 is 0. The molecule has 1 aliphatic heterocycles. The lowest BCUT2D eigenvalue weighted by Crippen LogP contribution is -2.43. The van der Waals surface area contributed by atoms with Gasteiger partial charge >= 0.3 is 5.97 Å². The summed E-state index contributed by atoms with van der Waals surface area (Å²) in [7, 11) is -2.45. The van der Waals surface area contributed by atoms with Crippen LogP contribution in [0.2, 0.25) is 0 Å². The highest BCUT2D eigenvalue weighted by Gasteiger charge is 2.29. The average molecular weight is 250 g/mol. The number of hydrogen-bond donors (Lipinski definition) is 2. The fourth-order valence-corrected chi connectivity index (χ4v) is 2.60. The van der Waals surface area contributed by atoms with Crippen molar-refractivity contribution in [1.82, 2.24) is 10.0 Å². The second-order valence-corrected chi connectivity index (χ2v) is 5.94. The maximum Gasteiger partial charge on any atom is 0.325 e. The van der Waals surface area contributed by atoms with Gasteiger partial charge in [-0.3, -0.25) is 4.79 Å². The van der Waals surface area contributed by atoms with Gasteiger partial charge in [0.2, 0.25) is 10.0 Å². The first kappa shape index (κ1) is 13.4. The molecule has 0 bridgehead atoms. The van der Waals surface area contributed by atoms with Gasteiger partial charge in [0.25, 0.3) is 0 Å². The Labute approximate surface area is 95.8 Å². The first-order valence-electron chi connectivity index (χ1n) is 5.27. The van der Waals surface area contributed by atoms with E-state index in [1.54, 1.807) is 0 Å². The van der Waals surface area contributed by atoms with Crippen LogP contribution in [0.4, 0.5) is 0 Å². The molecule has 1 heterocycles. The second kappa shape index (κ2) is 5.60. The number of methoxy groups -OCH3 is 1. The molecule has 0 radical (unpaired) electrons. The second-order valence-electron chi connectivity index (χ2n) is 3.85. The zero-order valence-corrected chi connectivity index (χ0v) is 10.3. The number of rotatable bonds is 5. The highest BCUT2D eigenvalue weighted by molar-refractivity contribution is 7.90. The molecule has 0 aromatic rings. The normalized spacial score (nSPS) is 23.0. The van der Waals surface area contributed by atoms with Crippen LogP contribution in [0.1, 0.15) is 19.8 Å². The summed E-state index contributed by atoms with van der Waals surface area (Å²) in [4.78, 5) is 11.1. The zero-order chi connectivity index (χ0) is 12.2. The number of nitrogens with one attached hydrogen (secondary N) is 2. The minimum absolute atomic E-state index is 0.166. The lowest BCUT2D eigenvalue weighted by molar-refractivity contribution is -0.139. The molecule has 1 aliphatic rings. The number of sulfonamides is 1. The van der Waals surface area contributed by atoms with E-state index in [4.69, 9.17) is 0 Å². The third-order valence-corrected chi connectivity index (χ3v) is 4.38. The summed E-state index contributed by atoms with van der Waals surface area (Å²) in [5, 5.41) is 2.00. The number of ether oxygens (including phenoxy) is 1. The van der Waals surface area contributed by atoms with Gasteiger partial charge in [-0.25, -0.2) is 13.1 Å². The monoisotopic (exact) mass is 250 g/mol. The van der Waals surface area contributed by atoms with Crippen LogP contribution in [0, 0.1) is 0 Å². The molecule has 2 N–H and O–H groups in total. The molecule has 6 nitrogen and oxygen atoms in total. The molecule has 94 valence electrons. The van der Waals surface area contributed by atoms with Crippen molar-refractivity contribution in [1.29, 1.82) is 0 Å². The van der Waals surface area contributed by atoms with E-state index >= 15 is 0 Å². The molecule has 2 unspecified atom stereocenters. The van der Waals surface area contributed by atoms with Crippen molar-refractivity contribution >= 4 is 16.0 Å². The van der Waals surface area contributed by atoms with Gasteiger partial charge in [0.05, 0.1) is 7.11 Å². The van der Waals surface area contributed by atoms with E-state index in [1.807, 2.05) is 0 Å². The number of esters is 1. The summed E-state index contributed by atoms with van der Waals surface area (Å²) in [6.07, 6.45) is 2.01. The lowest BCUT2D eigenvalue weighted by Gasteiger charge is -2.15. The number of hydrogen-bond acceptors (Lipinski definition) is 5. The smallest absolute Gasteiger partial charge is 0.325 e. The quantitative estimate of drug-likeness (QED) is 0.625. The van der Waals surface area contributed by atoms with E-state index in [0.717, 1.165) is 19.4 Å². The number of carbonyl (C=O) groups is 1. The molecule has 0 aliphatic carbocycles. The van der Waals surface area contributed by atoms with Gasteiger partial charge in [0.15, 0.2) is 5.25 Å². The molecule has 1 fully saturated rings. The molecule has 16 heavy (non-hydrogen) atoms. The zero-order valence-electron chi connectivity index (χ0n) is 9.52. The van der Waals surface area contributed by atoms with Gasteiger partial charge in [-0.15, -0.1) is 0 Å². The van der Waals surface area contributed by atoms with Crippen LogP contribution in [-0.4, -0.2) is 45.9 Å². The lowest BCUT2D eigenvalue weighted by atomic mass is 10.2. The van der Waals surface area contributed by atoms with Crippen molar-refractivity contribution in [3.63, 3.8) is 0 Å². The summed E-state index contributed by atoms with van der Waals surface area (Å²) in [5.41, 5.74) is 0. The molecule has 7 heteroatoms. The van der Waals surface area contributed by atoms with Crippen LogP contribution >= 0.6 is 0 Å². The van der Waals surface area contributed by atoms with E-state index in [-0.39, 0.29) is 6.04 Å². The van der Waals surface area contributed by atoms with Crippen molar-refractivity contribution < 1.29 is 17.9 Å². The Kier molecular flexibility index (Phi) is 4.69. The maximum absolute atomic E-state index is 11.6. The Balaban J connectivity index is 2.47. The first-order valence-corrected chi connectivity index (χ1v) is 6.81. The van der Waals surface area contributed by atoms with E-state index in [0.29, 0.717) is 6.54 Å². The van der Waals surface area contributed by atoms with E-state index < -0.39 is 21.2 Å². The van der Waals surface area contributed by atoms with Crippen LogP contribution < -0.4 is 10.0 Å². The van der Waals surface area contributed by atoms with Crippen LogP contribution in [-0.2, 0) is 19.6 Å². The molecule has 0 amide bonds. The summed E-state index contributed by atoms with van der Waals surface area (Å²) in [6.45, 7) is 2.55. The molecule has 0 spiro atoms. The molecule has 2 atom stereocenters. The Morgan fingerprint density at radius 1 is 1.62 bits per heavy atom. The first-order chi connectivity index (χ1) is 7.47. The fourth-order valence-electron chi connectivity index (χ4n) is 1.57. The average Bonchev–Trinajstić information content (AvgIpc) is 2.77. The number of carbonyl (C=O) groups excluding carboxylic acids is 1. The van der Waals surface area contributed by atoms with Crippen LogP contribution in [0.5, 0.6) is 0 Å². The molecule has 1 rings (SSSR count). The van der Waals surface area contributed by atoms with E-state index in [2.05, 4.69) is 14.8 Å². The third kappa shape index (κ3) is 3.43. The van der Waals surface area contributed by atoms with Gasteiger partial charge in [0, 0.05) is 12.6 Å². The van der Waals surface area contributed by atoms with Crippen molar-refractivity contribution in [2.75, 3.05) is 20.2 Å². The van der Waals surface area contributed by atoms with Crippen LogP contribution in [0.25, 0.3) is 0 Å². The van der Waals surface area contributed by atoms with Gasteiger partial charge in [0.1, 0.15) is 0 Å². The SMILES string of the molecule is COC(=O)C(C)S(=O)(=O)NCC1CCCN1. The van der Waals surface area contributed by atoms with Gasteiger partial charge < -0.3 is 10.1 Å². The standard InChI is InChI=1S/C9H18N2O4S/c1-7(9(12)15-2)16(13,14)11-6-8-4-3-5-10-8/h7-8,10-11H,3-6H2,1-2H3. The molecule has 1 saturated heterocycles. The van der Waals surface area contributed by atoms with Crippen molar-refractivity contribution in [3.05, 3.63) is 0 Å². The Morgan fingerprint density at radius 2 is 2.31 bits per heavy atom. The minimum atomic E-state index is -3.62. The van der Waals surface area contributed by atoms with Gasteiger partial charge in [-0.05, 0) is 26.3 Å². The predicted molar refractivity (Wildman–Crippen MR) is 59.4 cm³/mol. The Hall–Kier alpha value is -0.660. The highest BCUT2D eigenvalue weighted by Crippen LogP contribution is 2.05. The summed E-state index contributed by atoms with van der Waals surface area (Å²) in [5.74, 6) is -0.744. The molecule has 0 saturated carbocycles. The van der Waals surface area contributed by atoms with E-state index in [9.17, 15) is 13.2 Å². The highest BCUT2D eigenvalue weighted by atomic mass is 32.2. The van der Waals surface area contributed by atoms with Crippen LogP contribution in [0.3, 0.4) is 0 Å². The molecule has 0 aromatic heterocycles. The summed E-state index contributed by atoms with van der Waals surface area (Å²) < 4.78 is 30.1. The van der Waals surface area contributed by atoms with Gasteiger partial charge in [-0.1, -0.05) is 0 Å². The third-order valence-electron chi connectivity index (χ3n) is 2.69. The van der Waals surface area contributed by atoms with Crippen molar-refractivity contribution in [2.24, 2.45) is 0 Å². The van der Waals surface area contributed by atoms with E-state index in [1.165, 1.54) is 14.0 Å². The Bertz CT molecular complexity index is 335. The van der Waals surface area contributed by atoms with Crippen LogP contribution in [0.15, 0.2) is 0 Å². The van der Waals surface area contributed by atoms with Crippen molar-refractivity contribution in [2.45, 2.75) is 31.1 Å².